The van der Waals surface area contributed by atoms with Crippen LogP contribution in [-0.4, -0.2) is 22.0 Å². The van der Waals surface area contributed by atoms with E-state index in [1.54, 1.807) is 12.1 Å². The zero-order valence-corrected chi connectivity index (χ0v) is 19.4. The van der Waals surface area contributed by atoms with Gasteiger partial charge in [-0.3, -0.25) is 4.79 Å². The average molecular weight is 461 g/mol. The standard InChI is InChI=1S/C28H28O6/c1-28(2,3)22-14-21(23(29)15-24(30)27(31)32)25(33-17-19-10-6-4-7-11-19)16-26(22)34-18-20-12-8-5-9-13-20/h4-16,29H,17-18H2,1-3H3,(H,31,32). The molecule has 2 N–H and O–H groups in total. The number of carboxylic acids is 1. The smallest absolute Gasteiger partial charge is 0.376 e. The van der Waals surface area contributed by atoms with Gasteiger partial charge in [0.15, 0.2) is 0 Å². The van der Waals surface area contributed by atoms with E-state index in [2.05, 4.69) is 0 Å². The van der Waals surface area contributed by atoms with Crippen LogP contribution in [0, 0.1) is 0 Å². The predicted molar refractivity (Wildman–Crippen MR) is 130 cm³/mol. The summed E-state index contributed by atoms with van der Waals surface area (Å²) in [5, 5.41) is 19.6. The number of hydrogen-bond acceptors (Lipinski definition) is 5. The number of aliphatic carboxylic acids is 1. The van der Waals surface area contributed by atoms with E-state index in [-0.39, 0.29) is 23.3 Å². The van der Waals surface area contributed by atoms with Crippen molar-refractivity contribution in [3.8, 4) is 11.5 Å². The molecule has 0 saturated carbocycles. The van der Waals surface area contributed by atoms with Gasteiger partial charge in [0.05, 0.1) is 5.56 Å². The second kappa shape index (κ2) is 10.7. The van der Waals surface area contributed by atoms with Crippen LogP contribution in [-0.2, 0) is 28.2 Å². The Morgan fingerprint density at radius 1 is 0.794 bits per heavy atom. The number of aliphatic hydroxyl groups excluding tert-OH is 1. The first kappa shape index (κ1) is 24.6. The topological polar surface area (TPSA) is 93.1 Å². The van der Waals surface area contributed by atoms with Gasteiger partial charge in [-0.25, -0.2) is 4.79 Å². The van der Waals surface area contributed by atoms with Crippen LogP contribution < -0.4 is 9.47 Å². The number of carbonyl (C=O) groups excluding carboxylic acids is 1. The van der Waals surface area contributed by atoms with Crippen LogP contribution in [0.15, 0.2) is 78.9 Å². The number of aliphatic hydroxyl groups is 1. The van der Waals surface area contributed by atoms with E-state index >= 15 is 0 Å². The fourth-order valence-corrected chi connectivity index (χ4v) is 3.32. The molecule has 0 aromatic heterocycles. The van der Waals surface area contributed by atoms with Crippen LogP contribution in [0.4, 0.5) is 0 Å². The van der Waals surface area contributed by atoms with Gasteiger partial charge in [0.1, 0.15) is 30.5 Å². The summed E-state index contributed by atoms with van der Waals surface area (Å²) in [5.74, 6) is -2.53. The lowest BCUT2D eigenvalue weighted by Crippen LogP contribution is -2.15. The van der Waals surface area contributed by atoms with Crippen LogP contribution in [0.5, 0.6) is 11.5 Å². The van der Waals surface area contributed by atoms with Gasteiger partial charge in [0.2, 0.25) is 0 Å². The fraction of sp³-hybridized carbons (Fsp3) is 0.214. The maximum Gasteiger partial charge on any atom is 0.376 e. The first-order valence-corrected chi connectivity index (χ1v) is 10.9. The molecule has 0 spiro atoms. The minimum absolute atomic E-state index is 0.209. The Bertz CT molecular complexity index is 1170. The highest BCUT2D eigenvalue weighted by Gasteiger charge is 2.24. The highest BCUT2D eigenvalue weighted by molar-refractivity contribution is 6.38. The second-order valence-electron chi connectivity index (χ2n) is 8.84. The molecular formula is C28H28O6. The molecule has 0 saturated heterocycles. The molecule has 0 heterocycles. The highest BCUT2D eigenvalue weighted by atomic mass is 16.5. The SMILES string of the molecule is CC(C)(C)c1cc(C(O)=CC(=O)C(=O)O)c(OCc2ccccc2)cc1OCc1ccccc1. The monoisotopic (exact) mass is 460 g/mol. The molecule has 0 bridgehead atoms. The van der Waals surface area contributed by atoms with Crippen molar-refractivity contribution in [3.05, 3.63) is 101 Å². The number of carboxylic acid groups (broad SMARTS) is 1. The van der Waals surface area contributed by atoms with Crippen molar-refractivity contribution >= 4 is 17.5 Å². The number of hydrogen-bond donors (Lipinski definition) is 2. The summed E-state index contributed by atoms with van der Waals surface area (Å²) in [5.41, 5.74) is 2.50. The summed E-state index contributed by atoms with van der Waals surface area (Å²) in [7, 11) is 0. The Labute approximate surface area is 199 Å². The molecule has 0 amide bonds. The van der Waals surface area contributed by atoms with Crippen LogP contribution in [0.2, 0.25) is 0 Å². The van der Waals surface area contributed by atoms with Crippen LogP contribution in [0.3, 0.4) is 0 Å². The van der Waals surface area contributed by atoms with E-state index in [9.17, 15) is 14.7 Å². The number of carbonyl (C=O) groups is 2. The van der Waals surface area contributed by atoms with E-state index in [0.717, 1.165) is 16.7 Å². The molecule has 0 aliphatic rings. The van der Waals surface area contributed by atoms with Gasteiger partial charge in [-0.05, 0) is 22.6 Å². The van der Waals surface area contributed by atoms with Crippen molar-refractivity contribution in [2.24, 2.45) is 0 Å². The van der Waals surface area contributed by atoms with Gasteiger partial charge in [0.25, 0.3) is 5.78 Å². The Hall–Kier alpha value is -4.06. The van der Waals surface area contributed by atoms with Crippen molar-refractivity contribution in [1.29, 1.82) is 0 Å². The molecule has 6 heteroatoms. The molecule has 3 rings (SSSR count). The number of ether oxygens (including phenoxy) is 2. The van der Waals surface area contributed by atoms with E-state index in [1.165, 1.54) is 0 Å². The normalized spacial score (nSPS) is 11.7. The maximum absolute atomic E-state index is 11.7. The van der Waals surface area contributed by atoms with Crippen molar-refractivity contribution in [2.75, 3.05) is 0 Å². The molecule has 0 radical (unpaired) electrons. The first-order chi connectivity index (χ1) is 16.1. The van der Waals surface area contributed by atoms with Crippen LogP contribution in [0.1, 0.15) is 43.0 Å². The third-order valence-electron chi connectivity index (χ3n) is 5.12. The lowest BCUT2D eigenvalue weighted by atomic mass is 9.84. The second-order valence-corrected chi connectivity index (χ2v) is 8.84. The Morgan fingerprint density at radius 3 is 1.76 bits per heavy atom. The fourth-order valence-electron chi connectivity index (χ4n) is 3.32. The van der Waals surface area contributed by atoms with E-state index in [0.29, 0.717) is 18.4 Å². The average Bonchev–Trinajstić information content (AvgIpc) is 2.81. The van der Waals surface area contributed by atoms with E-state index < -0.39 is 17.5 Å². The van der Waals surface area contributed by atoms with Gasteiger partial charge in [-0.2, -0.15) is 0 Å². The molecule has 0 fully saturated rings. The summed E-state index contributed by atoms with van der Waals surface area (Å²) < 4.78 is 12.2. The molecule has 3 aromatic rings. The van der Waals surface area contributed by atoms with Gasteiger partial charge in [-0.1, -0.05) is 81.4 Å². The van der Waals surface area contributed by atoms with Crippen LogP contribution in [0.25, 0.3) is 5.76 Å². The number of rotatable bonds is 9. The summed E-state index contributed by atoms with van der Waals surface area (Å²) >= 11 is 0. The van der Waals surface area contributed by atoms with Gasteiger partial charge in [0, 0.05) is 17.7 Å². The number of benzene rings is 3. The van der Waals surface area contributed by atoms with E-state index in [4.69, 9.17) is 14.6 Å². The minimum atomic E-state index is -1.66. The Morgan fingerprint density at radius 2 is 1.29 bits per heavy atom. The highest BCUT2D eigenvalue weighted by Crippen LogP contribution is 2.39. The largest absolute Gasteiger partial charge is 0.507 e. The molecule has 3 aromatic carbocycles. The molecule has 176 valence electrons. The van der Waals surface area contributed by atoms with Crippen LogP contribution >= 0.6 is 0 Å². The van der Waals surface area contributed by atoms with Gasteiger partial charge in [-0.15, -0.1) is 0 Å². The zero-order chi connectivity index (χ0) is 24.7. The molecule has 6 nitrogen and oxygen atoms in total. The quantitative estimate of drug-likeness (QED) is 0.242. The third kappa shape index (κ3) is 6.48. The van der Waals surface area contributed by atoms with Crippen molar-refractivity contribution in [2.45, 2.75) is 39.4 Å². The number of ketones is 1. The van der Waals surface area contributed by atoms with Crippen molar-refractivity contribution in [1.82, 2.24) is 0 Å². The Balaban J connectivity index is 2.05. The maximum atomic E-state index is 11.7. The van der Waals surface area contributed by atoms with E-state index in [1.807, 2.05) is 81.4 Å². The van der Waals surface area contributed by atoms with Gasteiger partial charge >= 0.3 is 5.97 Å². The summed E-state index contributed by atoms with van der Waals surface area (Å²) in [6.07, 6.45) is 0.685. The summed E-state index contributed by atoms with van der Waals surface area (Å²) in [6.45, 7) is 6.53. The summed E-state index contributed by atoms with van der Waals surface area (Å²) in [4.78, 5) is 22.7. The molecule has 0 atom stereocenters. The van der Waals surface area contributed by atoms with Crippen molar-refractivity contribution < 1.29 is 29.3 Å². The molecule has 0 aliphatic carbocycles. The van der Waals surface area contributed by atoms with Crippen molar-refractivity contribution in [3.63, 3.8) is 0 Å². The molecule has 34 heavy (non-hydrogen) atoms. The predicted octanol–water partition coefficient (Wildman–Crippen LogP) is 5.69. The minimum Gasteiger partial charge on any atom is -0.507 e. The molecular weight excluding hydrogens is 432 g/mol. The first-order valence-electron chi connectivity index (χ1n) is 10.9. The zero-order valence-electron chi connectivity index (χ0n) is 19.4. The Kier molecular flexibility index (Phi) is 7.74. The summed E-state index contributed by atoms with van der Waals surface area (Å²) in [6, 6.07) is 22.6. The van der Waals surface area contributed by atoms with Gasteiger partial charge < -0.3 is 19.7 Å². The lowest BCUT2D eigenvalue weighted by Gasteiger charge is -2.25. The molecule has 0 unspecified atom stereocenters. The third-order valence-corrected chi connectivity index (χ3v) is 5.12. The molecule has 0 aliphatic heterocycles. The lowest BCUT2D eigenvalue weighted by molar-refractivity contribution is -0.146.